The molecule has 6 heteroatoms. The fourth-order valence-electron chi connectivity index (χ4n) is 3.98. The zero-order valence-corrected chi connectivity index (χ0v) is 17.7. The third kappa shape index (κ3) is 4.15. The van der Waals surface area contributed by atoms with Crippen LogP contribution in [0, 0.1) is 13.8 Å². The molecule has 2 heterocycles. The lowest BCUT2D eigenvalue weighted by Crippen LogP contribution is -2.48. The van der Waals surface area contributed by atoms with Gasteiger partial charge in [0, 0.05) is 31.9 Å². The first-order chi connectivity index (χ1) is 12.8. The van der Waals surface area contributed by atoms with E-state index in [1.165, 1.54) is 16.8 Å². The number of aromatic nitrogens is 4. The van der Waals surface area contributed by atoms with E-state index in [0.717, 1.165) is 44.8 Å². The van der Waals surface area contributed by atoms with Crippen LogP contribution < -0.4 is 4.90 Å². The summed E-state index contributed by atoms with van der Waals surface area (Å²) in [5.74, 6) is 1.00. The van der Waals surface area contributed by atoms with Gasteiger partial charge >= 0.3 is 0 Å². The standard InChI is InChI=1S/C21H34N6/c1-7-9-19(20-22-23-24-27(20)21(4,5)6)26-14-12-25(13-15-26)18-11-8-10-16(2)17(18)3/h8,10-11,19H,7,9,12-15H2,1-6H3/t19-/m1/s1. The van der Waals surface area contributed by atoms with Gasteiger partial charge in [-0.25, -0.2) is 4.68 Å². The van der Waals surface area contributed by atoms with Crippen LogP contribution in [0.25, 0.3) is 0 Å². The van der Waals surface area contributed by atoms with Crippen molar-refractivity contribution in [2.24, 2.45) is 0 Å². The molecule has 1 aliphatic heterocycles. The molecule has 27 heavy (non-hydrogen) atoms. The Hall–Kier alpha value is -1.95. The predicted octanol–water partition coefficient (Wildman–Crippen LogP) is 3.71. The summed E-state index contributed by atoms with van der Waals surface area (Å²) in [6.07, 6.45) is 2.21. The number of piperazine rings is 1. The normalized spacial score (nSPS) is 17.3. The molecule has 1 fully saturated rings. The van der Waals surface area contributed by atoms with Gasteiger partial charge in [0.15, 0.2) is 5.82 Å². The molecular formula is C21H34N6. The Balaban J connectivity index is 1.77. The van der Waals surface area contributed by atoms with Gasteiger partial charge in [0.05, 0.1) is 11.6 Å². The first-order valence-corrected chi connectivity index (χ1v) is 10.2. The van der Waals surface area contributed by atoms with Gasteiger partial charge in [0.1, 0.15) is 0 Å². The minimum atomic E-state index is -0.106. The monoisotopic (exact) mass is 370 g/mol. The topological polar surface area (TPSA) is 50.1 Å². The minimum absolute atomic E-state index is 0.106. The van der Waals surface area contributed by atoms with Crippen molar-refractivity contribution in [2.75, 3.05) is 31.1 Å². The summed E-state index contributed by atoms with van der Waals surface area (Å²) >= 11 is 0. The SMILES string of the molecule is CCC[C@H](c1nnnn1C(C)(C)C)N1CCN(c2cccc(C)c2C)CC1. The molecule has 2 aromatic rings. The lowest BCUT2D eigenvalue weighted by molar-refractivity contribution is 0.156. The number of rotatable bonds is 5. The molecular weight excluding hydrogens is 336 g/mol. The van der Waals surface area contributed by atoms with Crippen LogP contribution in [0.3, 0.4) is 0 Å². The van der Waals surface area contributed by atoms with Crippen molar-refractivity contribution in [1.29, 1.82) is 0 Å². The van der Waals surface area contributed by atoms with E-state index in [2.05, 4.69) is 85.1 Å². The third-order valence-electron chi connectivity index (χ3n) is 5.66. The molecule has 0 radical (unpaired) electrons. The molecule has 0 aliphatic carbocycles. The minimum Gasteiger partial charge on any atom is -0.369 e. The van der Waals surface area contributed by atoms with Crippen LogP contribution in [0.15, 0.2) is 18.2 Å². The van der Waals surface area contributed by atoms with Crippen molar-refractivity contribution in [1.82, 2.24) is 25.1 Å². The number of benzene rings is 1. The molecule has 0 amide bonds. The second kappa shape index (κ2) is 7.97. The van der Waals surface area contributed by atoms with Crippen molar-refractivity contribution >= 4 is 5.69 Å². The molecule has 0 spiro atoms. The van der Waals surface area contributed by atoms with Crippen molar-refractivity contribution in [3.8, 4) is 0 Å². The Morgan fingerprint density at radius 2 is 1.78 bits per heavy atom. The molecule has 0 unspecified atom stereocenters. The first kappa shape index (κ1) is 19.8. The van der Waals surface area contributed by atoms with Crippen LogP contribution in [0.4, 0.5) is 5.69 Å². The van der Waals surface area contributed by atoms with Crippen LogP contribution in [0.5, 0.6) is 0 Å². The van der Waals surface area contributed by atoms with Gasteiger partial charge in [-0.1, -0.05) is 25.5 Å². The second-order valence-corrected chi connectivity index (χ2v) is 8.67. The van der Waals surface area contributed by atoms with Gasteiger partial charge in [-0.3, -0.25) is 4.90 Å². The van der Waals surface area contributed by atoms with Gasteiger partial charge in [0.2, 0.25) is 0 Å². The molecule has 0 bridgehead atoms. The van der Waals surface area contributed by atoms with Gasteiger partial charge in [-0.05, 0) is 68.7 Å². The number of hydrogen-bond acceptors (Lipinski definition) is 5. The Morgan fingerprint density at radius 3 is 2.41 bits per heavy atom. The fraction of sp³-hybridized carbons (Fsp3) is 0.667. The molecule has 1 saturated heterocycles. The summed E-state index contributed by atoms with van der Waals surface area (Å²) in [5.41, 5.74) is 4.03. The second-order valence-electron chi connectivity index (χ2n) is 8.67. The predicted molar refractivity (Wildman–Crippen MR) is 110 cm³/mol. The van der Waals surface area contributed by atoms with E-state index in [0.29, 0.717) is 0 Å². The first-order valence-electron chi connectivity index (χ1n) is 10.2. The molecule has 0 saturated carbocycles. The molecule has 1 atom stereocenters. The lowest BCUT2D eigenvalue weighted by Gasteiger charge is -2.40. The van der Waals surface area contributed by atoms with E-state index in [1.54, 1.807) is 0 Å². The highest BCUT2D eigenvalue weighted by atomic mass is 15.6. The highest BCUT2D eigenvalue weighted by Crippen LogP contribution is 2.30. The lowest BCUT2D eigenvalue weighted by atomic mass is 10.0. The quantitative estimate of drug-likeness (QED) is 0.803. The molecule has 1 aromatic heterocycles. The maximum absolute atomic E-state index is 4.43. The fourth-order valence-corrected chi connectivity index (χ4v) is 3.98. The summed E-state index contributed by atoms with van der Waals surface area (Å²) in [6, 6.07) is 6.90. The zero-order valence-electron chi connectivity index (χ0n) is 17.7. The number of anilines is 1. The summed E-state index contributed by atoms with van der Waals surface area (Å²) in [4.78, 5) is 5.09. The maximum atomic E-state index is 4.43. The Labute approximate surface area is 163 Å². The van der Waals surface area contributed by atoms with Crippen LogP contribution >= 0.6 is 0 Å². The average Bonchev–Trinajstić information content (AvgIpc) is 3.12. The molecule has 1 aromatic carbocycles. The van der Waals surface area contributed by atoms with Crippen molar-refractivity contribution in [3.05, 3.63) is 35.2 Å². The van der Waals surface area contributed by atoms with Gasteiger partial charge in [-0.2, -0.15) is 0 Å². The van der Waals surface area contributed by atoms with Crippen LogP contribution in [-0.2, 0) is 5.54 Å². The summed E-state index contributed by atoms with van der Waals surface area (Å²) in [7, 11) is 0. The van der Waals surface area contributed by atoms with E-state index in [-0.39, 0.29) is 11.6 Å². The van der Waals surface area contributed by atoms with Crippen LogP contribution in [-0.4, -0.2) is 51.3 Å². The van der Waals surface area contributed by atoms with Crippen molar-refractivity contribution in [2.45, 2.75) is 66.0 Å². The van der Waals surface area contributed by atoms with E-state index < -0.39 is 0 Å². The van der Waals surface area contributed by atoms with E-state index in [9.17, 15) is 0 Å². The highest BCUT2D eigenvalue weighted by molar-refractivity contribution is 5.56. The molecule has 148 valence electrons. The van der Waals surface area contributed by atoms with Crippen LogP contribution in [0.1, 0.15) is 63.5 Å². The Bertz CT molecular complexity index is 752. The molecule has 1 aliphatic rings. The van der Waals surface area contributed by atoms with E-state index in [1.807, 2.05) is 4.68 Å². The van der Waals surface area contributed by atoms with Crippen molar-refractivity contribution in [3.63, 3.8) is 0 Å². The third-order valence-corrected chi connectivity index (χ3v) is 5.66. The summed E-state index contributed by atoms with van der Waals surface area (Å²) in [5, 5.41) is 12.7. The van der Waals surface area contributed by atoms with Crippen molar-refractivity contribution < 1.29 is 0 Å². The van der Waals surface area contributed by atoms with E-state index >= 15 is 0 Å². The van der Waals surface area contributed by atoms with E-state index in [4.69, 9.17) is 0 Å². The average molecular weight is 371 g/mol. The zero-order chi connectivity index (χ0) is 19.6. The van der Waals surface area contributed by atoms with Gasteiger partial charge in [-0.15, -0.1) is 5.10 Å². The number of nitrogens with zero attached hydrogens (tertiary/aromatic N) is 6. The Morgan fingerprint density at radius 1 is 1.07 bits per heavy atom. The number of hydrogen-bond donors (Lipinski definition) is 0. The Kier molecular flexibility index (Phi) is 5.84. The maximum Gasteiger partial charge on any atom is 0.168 e. The summed E-state index contributed by atoms with van der Waals surface area (Å²) < 4.78 is 2.00. The summed E-state index contributed by atoms with van der Waals surface area (Å²) in [6.45, 7) is 17.3. The number of tetrazole rings is 1. The number of aryl methyl sites for hydroxylation is 1. The molecule has 0 N–H and O–H groups in total. The van der Waals surface area contributed by atoms with Crippen LogP contribution in [0.2, 0.25) is 0 Å². The smallest absolute Gasteiger partial charge is 0.168 e. The molecule has 6 nitrogen and oxygen atoms in total. The van der Waals surface area contributed by atoms with Gasteiger partial charge < -0.3 is 4.90 Å². The largest absolute Gasteiger partial charge is 0.369 e. The van der Waals surface area contributed by atoms with Gasteiger partial charge in [0.25, 0.3) is 0 Å². The molecule has 3 rings (SSSR count). The highest BCUT2D eigenvalue weighted by Gasteiger charge is 2.31.